The standard InChI is InChI=1S/C14H20N2O.C11H14N2O.C2H6OP.CH3O3P.CH2O/c1-10(2)15-7-11-6-12(9-15)13-4-3-5-14(17)16(13)8-11;14-11-3-1-2-10-9-4-8(5-12-6-9)7-13(10)11;1-4(2)3;1-4-5(2)3;1-2/h3-5,10-12H,6-9H2,1-2H3;1-3,8-9,12H,4-7H2;1-2H3;1H3;1H2/q;;+1;;. The molecule has 1 N–H and O–H groups in total. The highest BCUT2D eigenvalue weighted by Crippen LogP contribution is 2.35. The van der Waals surface area contributed by atoms with E-state index in [9.17, 15) is 23.3 Å². The molecule has 0 saturated carbocycles. The molecule has 4 atom stereocenters. The molecule has 0 amide bonds. The molecule has 0 aliphatic carbocycles. The largest absolute Gasteiger partial charge is 0.467 e. The summed E-state index contributed by atoms with van der Waals surface area (Å²) in [5.74, 6) is 2.42. The average molecular weight is 624 g/mol. The zero-order chi connectivity index (χ0) is 31.4. The monoisotopic (exact) mass is 623 g/mol. The SMILES string of the molecule is C=O.CC(C)N1CC2CC(C1)c1cccc(=O)n1C2.COP(=O)=O.C[P+](C)=O.O=c1cccc2n1CC1CNCC2C1. The Morgan fingerprint density at radius 1 is 0.857 bits per heavy atom. The Morgan fingerprint density at radius 3 is 1.83 bits per heavy atom. The number of carbonyl (C=O) groups excluding carboxylic acids is 1. The van der Waals surface area contributed by atoms with Crippen molar-refractivity contribution in [1.82, 2.24) is 19.4 Å². The molecular weight excluding hydrogens is 578 g/mol. The number of fused-ring (bicyclic) bond motifs is 8. The Kier molecular flexibility index (Phi) is 14.9. The zero-order valence-electron chi connectivity index (χ0n) is 25.3. The second-order valence-corrected chi connectivity index (χ2v) is 13.8. The average Bonchev–Trinajstić information content (AvgIpc) is 2.96. The van der Waals surface area contributed by atoms with Crippen LogP contribution in [-0.2, 0) is 36.1 Å². The highest BCUT2D eigenvalue weighted by atomic mass is 31.1. The van der Waals surface area contributed by atoms with Gasteiger partial charge in [-0.05, 0) is 57.2 Å². The van der Waals surface area contributed by atoms with Gasteiger partial charge in [0.1, 0.15) is 20.1 Å². The maximum absolute atomic E-state index is 11.9. The third-order valence-electron chi connectivity index (χ3n) is 7.77. The lowest BCUT2D eigenvalue weighted by Gasteiger charge is -2.44. The summed E-state index contributed by atoms with van der Waals surface area (Å²) >= 11 is 0. The van der Waals surface area contributed by atoms with Crippen LogP contribution in [0.2, 0.25) is 0 Å². The summed E-state index contributed by atoms with van der Waals surface area (Å²) in [5, 5.41) is 3.43. The molecule has 2 fully saturated rings. The van der Waals surface area contributed by atoms with E-state index in [4.69, 9.17) is 4.79 Å². The van der Waals surface area contributed by atoms with Crippen LogP contribution in [0.3, 0.4) is 0 Å². The summed E-state index contributed by atoms with van der Waals surface area (Å²) in [5.41, 5.74) is 2.81. The van der Waals surface area contributed by atoms with Crippen molar-refractivity contribution in [2.24, 2.45) is 11.8 Å². The highest BCUT2D eigenvalue weighted by Gasteiger charge is 2.35. The van der Waals surface area contributed by atoms with Crippen LogP contribution in [0.1, 0.15) is 49.9 Å². The third kappa shape index (κ3) is 10.3. The lowest BCUT2D eigenvalue weighted by molar-refractivity contribution is -0.0980. The zero-order valence-corrected chi connectivity index (χ0v) is 27.1. The second kappa shape index (κ2) is 17.5. The third-order valence-corrected chi connectivity index (χ3v) is 8.07. The predicted octanol–water partition coefficient (Wildman–Crippen LogP) is 3.84. The van der Waals surface area contributed by atoms with E-state index in [2.05, 4.69) is 40.7 Å². The Balaban J connectivity index is 0.000000221. The summed E-state index contributed by atoms with van der Waals surface area (Å²) in [6.45, 7) is 16.0. The van der Waals surface area contributed by atoms with Crippen LogP contribution in [0.4, 0.5) is 0 Å². The molecule has 6 heterocycles. The van der Waals surface area contributed by atoms with Crippen LogP contribution >= 0.6 is 15.7 Å². The van der Waals surface area contributed by atoms with Crippen molar-refractivity contribution in [2.45, 2.75) is 57.7 Å². The van der Waals surface area contributed by atoms with Gasteiger partial charge in [-0.1, -0.05) is 16.7 Å². The first-order valence-corrected chi connectivity index (χ1v) is 17.4. The van der Waals surface area contributed by atoms with Crippen LogP contribution in [0.15, 0.2) is 46.0 Å². The van der Waals surface area contributed by atoms with Crippen molar-refractivity contribution in [3.8, 4) is 0 Å². The van der Waals surface area contributed by atoms with Gasteiger partial charge in [0.25, 0.3) is 11.1 Å². The van der Waals surface area contributed by atoms with Gasteiger partial charge in [0.05, 0.1) is 7.11 Å². The topological polar surface area (TPSA) is 137 Å². The fourth-order valence-corrected chi connectivity index (χ4v) is 6.10. The smallest absolute Gasteiger partial charge is 0.316 e. The van der Waals surface area contributed by atoms with Crippen molar-refractivity contribution < 1.29 is 23.0 Å². The normalized spacial score (nSPS) is 22.9. The number of rotatable bonds is 2. The van der Waals surface area contributed by atoms with Crippen LogP contribution in [-0.4, -0.2) is 73.5 Å². The minimum atomic E-state index is -2.60. The molecule has 2 aromatic rings. The first-order chi connectivity index (χ1) is 20.0. The summed E-state index contributed by atoms with van der Waals surface area (Å²) < 4.78 is 35.6. The number of carbonyl (C=O) groups is 1. The summed E-state index contributed by atoms with van der Waals surface area (Å²) in [4.78, 5) is 34.1. The molecule has 4 aliphatic heterocycles. The Morgan fingerprint density at radius 2 is 1.33 bits per heavy atom. The number of hydrogen-bond acceptors (Lipinski definition) is 9. The van der Waals surface area contributed by atoms with Gasteiger partial charge in [0.15, 0.2) is 0 Å². The van der Waals surface area contributed by atoms with Crippen molar-refractivity contribution in [3.63, 3.8) is 0 Å². The quantitative estimate of drug-likeness (QED) is 0.495. The van der Waals surface area contributed by atoms with Gasteiger partial charge in [-0.15, -0.1) is 0 Å². The van der Waals surface area contributed by atoms with Crippen LogP contribution in [0, 0.1) is 11.8 Å². The Hall–Kier alpha value is -2.55. The Labute approximate surface area is 249 Å². The van der Waals surface area contributed by atoms with Gasteiger partial charge in [0.2, 0.25) is 0 Å². The van der Waals surface area contributed by atoms with E-state index in [1.54, 1.807) is 25.5 Å². The van der Waals surface area contributed by atoms with Gasteiger partial charge >= 0.3 is 15.7 Å². The molecule has 4 unspecified atom stereocenters. The molecule has 13 heteroatoms. The molecule has 6 rings (SSSR count). The fourth-order valence-electron chi connectivity index (χ4n) is 6.10. The van der Waals surface area contributed by atoms with Gasteiger partial charge in [-0.2, -0.15) is 0 Å². The number of pyridine rings is 2. The van der Waals surface area contributed by atoms with E-state index in [1.807, 2.05) is 28.1 Å². The van der Waals surface area contributed by atoms with E-state index < -0.39 is 15.7 Å². The molecule has 2 saturated heterocycles. The summed E-state index contributed by atoms with van der Waals surface area (Å²) in [6, 6.07) is 12.0. The summed E-state index contributed by atoms with van der Waals surface area (Å²) in [7, 11) is -2.37. The number of hydrogen-bond donors (Lipinski definition) is 1. The van der Waals surface area contributed by atoms with Crippen LogP contribution in [0.5, 0.6) is 0 Å². The van der Waals surface area contributed by atoms with E-state index in [0.717, 1.165) is 46.4 Å². The van der Waals surface area contributed by atoms with Crippen molar-refractivity contribution >= 4 is 22.5 Å². The van der Waals surface area contributed by atoms with Crippen LogP contribution in [0.25, 0.3) is 0 Å². The molecule has 4 bridgehead atoms. The molecule has 0 aromatic carbocycles. The highest BCUT2D eigenvalue weighted by molar-refractivity contribution is 7.42. The van der Waals surface area contributed by atoms with E-state index >= 15 is 0 Å². The number of likely N-dealkylation sites (tertiary alicyclic amines) is 1. The predicted molar refractivity (Wildman–Crippen MR) is 165 cm³/mol. The van der Waals surface area contributed by atoms with Gasteiger partial charge in [0, 0.05) is 74.1 Å². The van der Waals surface area contributed by atoms with E-state index in [0.29, 0.717) is 29.7 Å². The fraction of sp³-hybridized carbons (Fsp3) is 0.621. The maximum Gasteiger partial charge on any atom is 0.467 e. The number of aromatic nitrogens is 2. The molecule has 2 aromatic heterocycles. The van der Waals surface area contributed by atoms with Crippen molar-refractivity contribution in [2.75, 3.05) is 46.6 Å². The second-order valence-electron chi connectivity index (χ2n) is 11.3. The number of nitrogens with one attached hydrogen (secondary N) is 1. The van der Waals surface area contributed by atoms with Crippen LogP contribution < -0.4 is 16.4 Å². The van der Waals surface area contributed by atoms with E-state index in [1.165, 1.54) is 24.2 Å². The molecule has 0 spiro atoms. The molecule has 42 heavy (non-hydrogen) atoms. The lowest BCUT2D eigenvalue weighted by atomic mass is 9.82. The molecule has 0 radical (unpaired) electrons. The number of piperidine rings is 2. The first-order valence-electron chi connectivity index (χ1n) is 14.2. The van der Waals surface area contributed by atoms with Gasteiger partial charge < -0.3 is 19.2 Å². The first kappa shape index (κ1) is 35.6. The maximum atomic E-state index is 11.9. The summed E-state index contributed by atoms with van der Waals surface area (Å²) in [6.07, 6.45) is 2.50. The molecule has 4 aliphatic rings. The molecule has 232 valence electrons. The Bertz CT molecular complexity index is 1350. The van der Waals surface area contributed by atoms with Gasteiger partial charge in [-0.25, -0.2) is 9.13 Å². The minimum Gasteiger partial charge on any atom is -0.316 e. The van der Waals surface area contributed by atoms with E-state index in [-0.39, 0.29) is 11.1 Å². The minimum absolute atomic E-state index is 0.166. The lowest BCUT2D eigenvalue weighted by Crippen LogP contribution is -2.49. The molecule has 11 nitrogen and oxygen atoms in total. The molecular formula is C29H45N4O7P2+. The van der Waals surface area contributed by atoms with Gasteiger partial charge in [-0.3, -0.25) is 19.0 Å². The van der Waals surface area contributed by atoms with Crippen molar-refractivity contribution in [1.29, 1.82) is 0 Å². The number of nitrogens with zero attached hydrogens (tertiary/aromatic N) is 3. The van der Waals surface area contributed by atoms with Crippen molar-refractivity contribution in [3.05, 3.63) is 68.5 Å².